The maximum atomic E-state index is 5.43. The number of aliphatic imine (C=N–C) groups is 1. The van der Waals surface area contributed by atoms with E-state index in [4.69, 9.17) is 9.73 Å². The van der Waals surface area contributed by atoms with E-state index in [0.717, 1.165) is 63.0 Å². The molecule has 2 aliphatic rings. The number of anilines is 1. The first kappa shape index (κ1) is 23.7. The molecule has 1 aromatic heterocycles. The number of hydrazine groups is 1. The average Bonchev–Trinajstić information content (AvgIpc) is 3.37. The molecular weight excluding hydrogens is 460 g/mol. The number of hydrogen-bond donors (Lipinski definition) is 3. The minimum Gasteiger partial charge on any atom is -0.379 e. The predicted octanol–water partition coefficient (Wildman–Crippen LogP) is 3.43. The Morgan fingerprint density at radius 3 is 2.57 bits per heavy atom. The van der Waals surface area contributed by atoms with E-state index in [1.54, 1.807) is 0 Å². The molecule has 182 valence electrons. The van der Waals surface area contributed by atoms with Crippen molar-refractivity contribution in [1.29, 1.82) is 0 Å². The molecule has 0 saturated carbocycles. The molecule has 2 aliphatic heterocycles. The quantitative estimate of drug-likeness (QED) is 0.390. The van der Waals surface area contributed by atoms with E-state index in [1.165, 1.54) is 17.3 Å². The van der Waals surface area contributed by atoms with Gasteiger partial charge in [0.15, 0.2) is 5.16 Å². The maximum Gasteiger partial charge on any atom is 0.256 e. The van der Waals surface area contributed by atoms with Crippen LogP contribution in [0.3, 0.4) is 0 Å². The van der Waals surface area contributed by atoms with Crippen molar-refractivity contribution in [3.8, 4) is 0 Å². The summed E-state index contributed by atoms with van der Waals surface area (Å²) in [6.45, 7) is 5.44. The van der Waals surface area contributed by atoms with Crippen molar-refractivity contribution in [2.75, 3.05) is 44.7 Å². The van der Waals surface area contributed by atoms with E-state index < -0.39 is 0 Å². The lowest BCUT2D eigenvalue weighted by atomic mass is 10.1. The van der Waals surface area contributed by atoms with Crippen LogP contribution in [0.2, 0.25) is 0 Å². The van der Waals surface area contributed by atoms with Gasteiger partial charge in [-0.15, -0.1) is 0 Å². The van der Waals surface area contributed by atoms with Gasteiger partial charge >= 0.3 is 0 Å². The second kappa shape index (κ2) is 12.1. The number of ether oxygens (including phenoxy) is 1. The highest BCUT2D eigenvalue weighted by atomic mass is 32.2. The first-order valence-corrected chi connectivity index (χ1v) is 12.8. The summed E-state index contributed by atoms with van der Waals surface area (Å²) in [7, 11) is 0. The van der Waals surface area contributed by atoms with Gasteiger partial charge in [-0.05, 0) is 42.4 Å². The zero-order valence-electron chi connectivity index (χ0n) is 19.6. The van der Waals surface area contributed by atoms with Crippen LogP contribution in [0.4, 0.5) is 11.9 Å². The molecule has 0 aliphatic carbocycles. The summed E-state index contributed by atoms with van der Waals surface area (Å²) in [4.78, 5) is 22.0. The van der Waals surface area contributed by atoms with Gasteiger partial charge in [0, 0.05) is 31.0 Å². The molecule has 9 nitrogen and oxygen atoms in total. The maximum absolute atomic E-state index is 5.43. The third-order valence-electron chi connectivity index (χ3n) is 5.82. The summed E-state index contributed by atoms with van der Waals surface area (Å²) < 4.78 is 5.43. The van der Waals surface area contributed by atoms with Crippen molar-refractivity contribution in [2.24, 2.45) is 4.99 Å². The Labute approximate surface area is 209 Å². The molecular formula is C25H30N8OS. The molecule has 1 atom stereocenters. The number of nitrogens with zero attached hydrogens (tertiary/aromatic N) is 5. The number of rotatable bonds is 9. The highest BCUT2D eigenvalue weighted by Gasteiger charge is 2.21. The van der Waals surface area contributed by atoms with E-state index in [1.807, 2.05) is 48.5 Å². The van der Waals surface area contributed by atoms with Gasteiger partial charge in [0.2, 0.25) is 5.95 Å². The fourth-order valence-corrected chi connectivity index (χ4v) is 4.75. The second-order valence-corrected chi connectivity index (χ2v) is 9.43. The van der Waals surface area contributed by atoms with Gasteiger partial charge in [-0.3, -0.25) is 4.90 Å². The molecule has 3 aromatic rings. The Morgan fingerprint density at radius 2 is 1.77 bits per heavy atom. The van der Waals surface area contributed by atoms with Crippen LogP contribution in [-0.2, 0) is 4.74 Å². The van der Waals surface area contributed by atoms with Crippen LogP contribution in [0.25, 0.3) is 0 Å². The zero-order chi connectivity index (χ0) is 23.7. The third-order valence-corrected chi connectivity index (χ3v) is 6.69. The molecule has 0 radical (unpaired) electrons. The van der Waals surface area contributed by atoms with Crippen LogP contribution >= 0.6 is 11.8 Å². The fourth-order valence-electron chi connectivity index (χ4n) is 3.99. The Hall–Kier alpha value is -3.05. The summed E-state index contributed by atoms with van der Waals surface area (Å²) >= 11 is 1.50. The minimum absolute atomic E-state index is 0.160. The van der Waals surface area contributed by atoms with Gasteiger partial charge in [0.05, 0.1) is 19.3 Å². The topological polar surface area (TPSA) is 99.6 Å². The molecule has 5 rings (SSSR count). The Kier molecular flexibility index (Phi) is 8.17. The normalized spacial score (nSPS) is 19.5. The first-order valence-electron chi connectivity index (χ1n) is 12.0. The zero-order valence-corrected chi connectivity index (χ0v) is 20.4. The Morgan fingerprint density at radius 1 is 1.00 bits per heavy atom. The molecule has 3 heterocycles. The third kappa shape index (κ3) is 6.98. The summed E-state index contributed by atoms with van der Waals surface area (Å²) in [6.07, 6.45) is 1.74. The van der Waals surface area contributed by atoms with Crippen LogP contribution in [0.1, 0.15) is 24.4 Å². The molecule has 1 unspecified atom stereocenters. The van der Waals surface area contributed by atoms with Gasteiger partial charge in [-0.25, -0.2) is 5.43 Å². The average molecular weight is 491 g/mol. The molecule has 35 heavy (non-hydrogen) atoms. The van der Waals surface area contributed by atoms with Crippen LogP contribution in [0.15, 0.2) is 75.7 Å². The van der Waals surface area contributed by atoms with Gasteiger partial charge in [0.1, 0.15) is 5.84 Å². The number of morpholine rings is 1. The number of nitrogens with one attached hydrogen (secondary N) is 3. The highest BCUT2D eigenvalue weighted by molar-refractivity contribution is 7.99. The van der Waals surface area contributed by atoms with Crippen LogP contribution in [-0.4, -0.2) is 65.1 Å². The number of hydrogen-bond acceptors (Lipinski definition) is 9. The number of amidine groups is 1. The lowest BCUT2D eigenvalue weighted by Crippen LogP contribution is -2.37. The first-order chi connectivity index (χ1) is 17.3. The van der Waals surface area contributed by atoms with Crippen LogP contribution in [0.5, 0.6) is 0 Å². The molecule has 3 N–H and O–H groups in total. The second-order valence-electron chi connectivity index (χ2n) is 8.39. The number of benzene rings is 2. The van der Waals surface area contributed by atoms with Crippen LogP contribution in [0, 0.1) is 0 Å². The number of aromatic nitrogens is 3. The Balaban J connectivity index is 1.27. The Bertz CT molecular complexity index is 1110. The summed E-state index contributed by atoms with van der Waals surface area (Å²) in [5.74, 6) is 1.75. The van der Waals surface area contributed by atoms with Gasteiger partial charge in [-0.2, -0.15) is 19.9 Å². The SMILES string of the molecule is c1ccc(Sc2nc(N=C3CC(c4ccccc4)NN3)nc(NCCCN3CCOCC3)n2)cc1. The van der Waals surface area contributed by atoms with E-state index in [9.17, 15) is 0 Å². The molecule has 2 saturated heterocycles. The van der Waals surface area contributed by atoms with Crippen molar-refractivity contribution >= 4 is 29.5 Å². The van der Waals surface area contributed by atoms with Crippen molar-refractivity contribution in [3.63, 3.8) is 0 Å². The van der Waals surface area contributed by atoms with Crippen LogP contribution < -0.4 is 16.2 Å². The lowest BCUT2D eigenvalue weighted by Gasteiger charge is -2.26. The molecule has 10 heteroatoms. The summed E-state index contributed by atoms with van der Waals surface area (Å²) in [5.41, 5.74) is 7.70. The molecule has 2 fully saturated rings. The highest BCUT2D eigenvalue weighted by Crippen LogP contribution is 2.27. The summed E-state index contributed by atoms with van der Waals surface area (Å²) in [5, 5.41) is 3.99. The van der Waals surface area contributed by atoms with Gasteiger partial charge in [-0.1, -0.05) is 48.5 Å². The van der Waals surface area contributed by atoms with E-state index >= 15 is 0 Å². The molecule has 2 aromatic carbocycles. The van der Waals surface area contributed by atoms with E-state index in [2.05, 4.69) is 48.2 Å². The molecule has 0 bridgehead atoms. The van der Waals surface area contributed by atoms with Gasteiger partial charge in [0.25, 0.3) is 5.95 Å². The van der Waals surface area contributed by atoms with Crippen molar-refractivity contribution < 1.29 is 4.74 Å². The largest absolute Gasteiger partial charge is 0.379 e. The lowest BCUT2D eigenvalue weighted by molar-refractivity contribution is 0.0378. The van der Waals surface area contributed by atoms with E-state index in [0.29, 0.717) is 17.1 Å². The van der Waals surface area contributed by atoms with Crippen molar-refractivity contribution in [3.05, 3.63) is 66.2 Å². The van der Waals surface area contributed by atoms with Crippen molar-refractivity contribution in [2.45, 2.75) is 28.9 Å². The molecule has 0 spiro atoms. The standard InChI is InChI=1S/C25H30N8OS/c1-3-8-19(9-4-1)21-18-22(32-31-21)27-24-28-23(26-12-7-13-33-14-16-34-17-15-33)29-25(30-24)35-20-10-5-2-6-11-20/h1-6,8-11,21,31H,7,12-18H2,(H2,26,27,28,29,30,32). The smallest absolute Gasteiger partial charge is 0.256 e. The fraction of sp³-hybridized carbons (Fsp3) is 0.360. The predicted molar refractivity (Wildman–Crippen MR) is 138 cm³/mol. The van der Waals surface area contributed by atoms with Crippen molar-refractivity contribution in [1.82, 2.24) is 30.7 Å². The minimum atomic E-state index is 0.160. The summed E-state index contributed by atoms with van der Waals surface area (Å²) in [6, 6.07) is 20.6. The van der Waals surface area contributed by atoms with Gasteiger partial charge < -0.3 is 15.5 Å². The molecule has 0 amide bonds. The van der Waals surface area contributed by atoms with E-state index in [-0.39, 0.29) is 6.04 Å². The monoisotopic (exact) mass is 490 g/mol.